The van der Waals surface area contributed by atoms with Crippen molar-refractivity contribution in [2.75, 3.05) is 11.9 Å². The molecule has 6 nitrogen and oxygen atoms in total. The van der Waals surface area contributed by atoms with Gasteiger partial charge in [0.2, 0.25) is 11.8 Å². The minimum Gasteiger partial charge on any atom is -0.355 e. The third kappa shape index (κ3) is 3.14. The molecule has 0 aliphatic carbocycles. The Morgan fingerprint density at radius 1 is 1.45 bits per heavy atom. The third-order valence-corrected chi connectivity index (χ3v) is 4.66. The monoisotopic (exact) mass is 316 g/mol. The summed E-state index contributed by atoms with van der Waals surface area (Å²) >= 11 is 1.41. The molecule has 0 aromatic carbocycles. The van der Waals surface area contributed by atoms with Crippen LogP contribution in [0.15, 0.2) is 24.4 Å². The zero-order chi connectivity index (χ0) is 15.5. The molecule has 1 fully saturated rings. The van der Waals surface area contributed by atoms with Gasteiger partial charge in [0.05, 0.1) is 22.2 Å². The fraction of sp³-hybridized carbons (Fsp3) is 0.333. The summed E-state index contributed by atoms with van der Waals surface area (Å²) in [5.74, 6) is -0.284. The van der Waals surface area contributed by atoms with Crippen LogP contribution >= 0.6 is 11.3 Å². The van der Waals surface area contributed by atoms with Gasteiger partial charge in [-0.25, -0.2) is 4.98 Å². The van der Waals surface area contributed by atoms with Crippen LogP contribution < -0.4 is 10.6 Å². The van der Waals surface area contributed by atoms with Crippen LogP contribution in [0.3, 0.4) is 0 Å². The van der Waals surface area contributed by atoms with Gasteiger partial charge in [0, 0.05) is 19.2 Å². The minimum atomic E-state index is -0.194. The number of nitrogens with zero attached hydrogens (tertiary/aromatic N) is 2. The van der Waals surface area contributed by atoms with Crippen LogP contribution in [0.25, 0.3) is 10.6 Å². The van der Waals surface area contributed by atoms with Gasteiger partial charge < -0.3 is 10.6 Å². The van der Waals surface area contributed by atoms with E-state index < -0.39 is 0 Å². The molecule has 0 saturated carbocycles. The van der Waals surface area contributed by atoms with E-state index in [1.54, 1.807) is 6.20 Å². The van der Waals surface area contributed by atoms with Gasteiger partial charge in [-0.3, -0.25) is 14.6 Å². The normalized spacial score (nSPS) is 17.9. The maximum Gasteiger partial charge on any atom is 0.231 e. The zero-order valence-corrected chi connectivity index (χ0v) is 12.9. The highest BCUT2D eigenvalue weighted by molar-refractivity contribution is 7.19. The summed E-state index contributed by atoms with van der Waals surface area (Å²) in [6, 6.07) is 5.70. The summed E-state index contributed by atoms with van der Waals surface area (Å²) in [6.45, 7) is 2.29. The summed E-state index contributed by atoms with van der Waals surface area (Å²) in [4.78, 5) is 33.0. The van der Waals surface area contributed by atoms with Gasteiger partial charge >= 0.3 is 0 Å². The molecule has 2 aromatic heterocycles. The van der Waals surface area contributed by atoms with Crippen molar-refractivity contribution in [2.45, 2.75) is 19.8 Å². The summed E-state index contributed by atoms with van der Waals surface area (Å²) in [6.07, 6.45) is 2.71. The standard InChI is InChI=1S/C15H16N4O2S/c1-9-13(11-4-2-3-7-16-11)22-15(18-9)19-14(21)10-5-6-12(20)17-8-10/h2-4,7,10H,5-6,8H2,1H3,(H,17,20)(H,18,19,21)/t10-/m0/s1. The van der Waals surface area contributed by atoms with Crippen LogP contribution in [0, 0.1) is 12.8 Å². The lowest BCUT2D eigenvalue weighted by molar-refractivity contribution is -0.126. The summed E-state index contributed by atoms with van der Waals surface area (Å²) in [5, 5.41) is 6.13. The predicted octanol–water partition coefficient (Wildman–Crippen LogP) is 1.98. The Kier molecular flexibility index (Phi) is 4.15. The number of amides is 2. The van der Waals surface area contributed by atoms with Crippen molar-refractivity contribution in [3.63, 3.8) is 0 Å². The molecular weight excluding hydrogens is 300 g/mol. The van der Waals surface area contributed by atoms with E-state index in [1.165, 1.54) is 11.3 Å². The summed E-state index contributed by atoms with van der Waals surface area (Å²) in [5.41, 5.74) is 1.69. The Bertz CT molecular complexity index is 689. The maximum atomic E-state index is 12.2. The van der Waals surface area contributed by atoms with Gasteiger partial charge in [0.15, 0.2) is 5.13 Å². The van der Waals surface area contributed by atoms with Crippen LogP contribution in [-0.4, -0.2) is 28.3 Å². The first-order valence-electron chi connectivity index (χ1n) is 7.10. The van der Waals surface area contributed by atoms with Crippen LogP contribution in [-0.2, 0) is 9.59 Å². The molecule has 2 N–H and O–H groups in total. The predicted molar refractivity (Wildman–Crippen MR) is 84.4 cm³/mol. The maximum absolute atomic E-state index is 12.2. The molecule has 1 aliphatic heterocycles. The number of pyridine rings is 1. The lowest BCUT2D eigenvalue weighted by Gasteiger charge is -2.20. The highest BCUT2D eigenvalue weighted by Crippen LogP contribution is 2.31. The van der Waals surface area contributed by atoms with Crippen molar-refractivity contribution in [1.29, 1.82) is 0 Å². The van der Waals surface area contributed by atoms with Crippen molar-refractivity contribution in [3.8, 4) is 10.6 Å². The topological polar surface area (TPSA) is 84.0 Å². The van der Waals surface area contributed by atoms with E-state index in [9.17, 15) is 9.59 Å². The summed E-state index contributed by atoms with van der Waals surface area (Å²) < 4.78 is 0. The fourth-order valence-corrected chi connectivity index (χ4v) is 3.29. The van der Waals surface area contributed by atoms with Gasteiger partial charge in [-0.05, 0) is 25.5 Å². The lowest BCUT2D eigenvalue weighted by Crippen LogP contribution is -2.40. The number of piperidine rings is 1. The van der Waals surface area contributed by atoms with Crippen LogP contribution in [0.5, 0.6) is 0 Å². The molecule has 0 radical (unpaired) electrons. The average molecular weight is 316 g/mol. The Morgan fingerprint density at radius 3 is 3.00 bits per heavy atom. The number of anilines is 1. The van der Waals surface area contributed by atoms with E-state index in [0.717, 1.165) is 16.3 Å². The number of hydrogen-bond donors (Lipinski definition) is 2. The Labute approximate surface area is 132 Å². The second kappa shape index (κ2) is 6.23. The van der Waals surface area contributed by atoms with E-state index >= 15 is 0 Å². The molecule has 114 valence electrons. The number of thiazole rings is 1. The van der Waals surface area contributed by atoms with Crippen LogP contribution in [0.2, 0.25) is 0 Å². The molecule has 3 heterocycles. The van der Waals surface area contributed by atoms with E-state index in [-0.39, 0.29) is 17.7 Å². The average Bonchev–Trinajstić information content (AvgIpc) is 2.89. The molecule has 22 heavy (non-hydrogen) atoms. The fourth-order valence-electron chi connectivity index (χ4n) is 2.35. The molecule has 1 saturated heterocycles. The number of nitrogens with one attached hydrogen (secondary N) is 2. The Hall–Kier alpha value is -2.28. The molecule has 0 bridgehead atoms. The number of hydrogen-bond acceptors (Lipinski definition) is 5. The highest BCUT2D eigenvalue weighted by atomic mass is 32.1. The molecule has 1 atom stereocenters. The molecule has 2 aromatic rings. The number of carbonyl (C=O) groups is 2. The van der Waals surface area contributed by atoms with Crippen molar-refractivity contribution < 1.29 is 9.59 Å². The molecule has 3 rings (SSSR count). The zero-order valence-electron chi connectivity index (χ0n) is 12.1. The van der Waals surface area contributed by atoms with Crippen LogP contribution in [0.1, 0.15) is 18.5 Å². The van der Waals surface area contributed by atoms with Crippen molar-refractivity contribution in [1.82, 2.24) is 15.3 Å². The van der Waals surface area contributed by atoms with E-state index in [2.05, 4.69) is 20.6 Å². The van der Waals surface area contributed by atoms with E-state index in [1.807, 2.05) is 25.1 Å². The van der Waals surface area contributed by atoms with Crippen LogP contribution in [0.4, 0.5) is 5.13 Å². The van der Waals surface area contributed by atoms with Gasteiger partial charge in [-0.2, -0.15) is 0 Å². The molecule has 1 aliphatic rings. The van der Waals surface area contributed by atoms with Gasteiger partial charge in [0.25, 0.3) is 0 Å². The number of rotatable bonds is 3. The second-order valence-electron chi connectivity index (χ2n) is 5.18. The SMILES string of the molecule is Cc1nc(NC(=O)[C@H]2CCC(=O)NC2)sc1-c1ccccn1. The number of aromatic nitrogens is 2. The summed E-state index contributed by atoms with van der Waals surface area (Å²) in [7, 11) is 0. The van der Waals surface area contributed by atoms with E-state index in [0.29, 0.717) is 24.5 Å². The quantitative estimate of drug-likeness (QED) is 0.907. The van der Waals surface area contributed by atoms with Gasteiger partial charge in [0.1, 0.15) is 0 Å². The first-order valence-corrected chi connectivity index (χ1v) is 7.91. The molecule has 7 heteroatoms. The molecule has 2 amide bonds. The van der Waals surface area contributed by atoms with Crippen molar-refractivity contribution >= 4 is 28.3 Å². The van der Waals surface area contributed by atoms with E-state index in [4.69, 9.17) is 0 Å². The number of carbonyl (C=O) groups excluding carboxylic acids is 2. The third-order valence-electron chi connectivity index (χ3n) is 3.56. The van der Waals surface area contributed by atoms with Gasteiger partial charge in [-0.1, -0.05) is 17.4 Å². The minimum absolute atomic E-state index is 0.00609. The Morgan fingerprint density at radius 2 is 2.32 bits per heavy atom. The van der Waals surface area contributed by atoms with Gasteiger partial charge in [-0.15, -0.1) is 0 Å². The molecule has 0 unspecified atom stereocenters. The second-order valence-corrected chi connectivity index (χ2v) is 6.18. The first kappa shape index (κ1) is 14.6. The first-order chi connectivity index (χ1) is 10.6. The van der Waals surface area contributed by atoms with Crippen molar-refractivity contribution in [3.05, 3.63) is 30.1 Å². The smallest absolute Gasteiger partial charge is 0.231 e. The Balaban J connectivity index is 1.71. The van der Waals surface area contributed by atoms with Crippen molar-refractivity contribution in [2.24, 2.45) is 5.92 Å². The largest absolute Gasteiger partial charge is 0.355 e. The number of aryl methyl sites for hydroxylation is 1. The molecule has 0 spiro atoms. The molecular formula is C15H16N4O2S. The highest BCUT2D eigenvalue weighted by Gasteiger charge is 2.25. The lowest BCUT2D eigenvalue weighted by atomic mass is 9.98.